The first-order chi connectivity index (χ1) is 11.1. The number of rotatable bonds is 2. The average molecular weight is 305 g/mol. The molecule has 0 fully saturated rings. The van der Waals surface area contributed by atoms with Crippen LogP contribution in [-0.2, 0) is 17.6 Å². The summed E-state index contributed by atoms with van der Waals surface area (Å²) in [4.78, 5) is 36.8. The molecule has 2 aromatic rings. The molecule has 1 N–H and O–H groups in total. The van der Waals surface area contributed by atoms with Gasteiger partial charge in [0.25, 0.3) is 17.7 Å². The second kappa shape index (κ2) is 4.65. The van der Waals surface area contributed by atoms with Gasteiger partial charge in [-0.1, -0.05) is 12.1 Å². The van der Waals surface area contributed by atoms with Gasteiger partial charge in [0.1, 0.15) is 6.42 Å². The van der Waals surface area contributed by atoms with Gasteiger partial charge in [-0.25, -0.2) is 0 Å². The highest BCUT2D eigenvalue weighted by molar-refractivity contribution is 6.26. The summed E-state index contributed by atoms with van der Waals surface area (Å²) >= 11 is 0. The molecule has 0 aromatic heterocycles. The van der Waals surface area contributed by atoms with E-state index in [-0.39, 0.29) is 0 Å². The smallest absolute Gasteiger partial charge is 0.272 e. The van der Waals surface area contributed by atoms with E-state index in [0.717, 1.165) is 29.4 Å². The van der Waals surface area contributed by atoms with Crippen LogP contribution in [0.3, 0.4) is 0 Å². The van der Waals surface area contributed by atoms with E-state index in [9.17, 15) is 14.4 Å². The van der Waals surface area contributed by atoms with Crippen molar-refractivity contribution in [3.8, 4) is 6.07 Å². The number of imide groups is 1. The van der Waals surface area contributed by atoms with Crippen molar-refractivity contribution in [2.75, 3.05) is 0 Å². The summed E-state index contributed by atoms with van der Waals surface area (Å²) in [7, 11) is 0. The van der Waals surface area contributed by atoms with E-state index < -0.39 is 24.1 Å². The third kappa shape index (κ3) is 1.77. The van der Waals surface area contributed by atoms with Gasteiger partial charge in [0.2, 0.25) is 0 Å². The number of amides is 3. The normalized spacial score (nSPS) is 15.0. The van der Waals surface area contributed by atoms with E-state index in [1.807, 2.05) is 12.1 Å². The first-order valence-electron chi connectivity index (χ1n) is 7.24. The minimum atomic E-state index is -0.688. The predicted molar refractivity (Wildman–Crippen MR) is 80.2 cm³/mol. The van der Waals surface area contributed by atoms with Crippen molar-refractivity contribution >= 4 is 28.5 Å². The first kappa shape index (κ1) is 13.5. The van der Waals surface area contributed by atoms with E-state index >= 15 is 0 Å². The highest BCUT2D eigenvalue weighted by atomic mass is 16.2. The highest BCUT2D eigenvalue weighted by Crippen LogP contribution is 2.37. The standard InChI is InChI=1S/C17H11N3O3/c18-8-7-13(21)19-20-16(22)11-5-3-9-1-2-10-4-6-12(17(20)23)15(11)14(9)10/h3-6H,1-2,7H2,(H,19,21). The Morgan fingerprint density at radius 1 is 1.04 bits per heavy atom. The fraction of sp³-hybridized carbons (Fsp3) is 0.176. The van der Waals surface area contributed by atoms with Crippen molar-refractivity contribution in [2.24, 2.45) is 0 Å². The Kier molecular flexibility index (Phi) is 2.72. The van der Waals surface area contributed by atoms with Crippen molar-refractivity contribution < 1.29 is 14.4 Å². The lowest BCUT2D eigenvalue weighted by atomic mass is 9.92. The van der Waals surface area contributed by atoms with Crippen LogP contribution in [-0.4, -0.2) is 22.7 Å². The Hall–Kier alpha value is -3.20. The zero-order valence-corrected chi connectivity index (χ0v) is 12.0. The van der Waals surface area contributed by atoms with Crippen LogP contribution in [0.2, 0.25) is 0 Å². The molecule has 1 heterocycles. The van der Waals surface area contributed by atoms with E-state index in [1.54, 1.807) is 18.2 Å². The molecule has 0 radical (unpaired) electrons. The number of hydrogen-bond donors (Lipinski definition) is 1. The number of hydrazine groups is 1. The van der Waals surface area contributed by atoms with Crippen molar-refractivity contribution in [1.82, 2.24) is 10.4 Å². The van der Waals surface area contributed by atoms with Gasteiger partial charge >= 0.3 is 0 Å². The number of nitriles is 1. The number of carbonyl (C=O) groups is 3. The number of carbonyl (C=O) groups excluding carboxylic acids is 3. The van der Waals surface area contributed by atoms with Crippen LogP contribution in [0.25, 0.3) is 10.8 Å². The Bertz CT molecular complexity index is 897. The molecule has 6 nitrogen and oxygen atoms in total. The van der Waals surface area contributed by atoms with Crippen LogP contribution in [0.4, 0.5) is 0 Å². The molecule has 1 aliphatic carbocycles. The summed E-state index contributed by atoms with van der Waals surface area (Å²) in [5.41, 5.74) is 5.31. The lowest BCUT2D eigenvalue weighted by Crippen LogP contribution is -2.51. The molecular weight excluding hydrogens is 294 g/mol. The van der Waals surface area contributed by atoms with Gasteiger partial charge in [0.15, 0.2) is 0 Å². The van der Waals surface area contributed by atoms with Gasteiger partial charge in [-0.3, -0.25) is 19.8 Å². The van der Waals surface area contributed by atoms with E-state index in [4.69, 9.17) is 5.26 Å². The fourth-order valence-electron chi connectivity index (χ4n) is 3.36. The van der Waals surface area contributed by atoms with Crippen molar-refractivity contribution in [3.63, 3.8) is 0 Å². The zero-order valence-electron chi connectivity index (χ0n) is 12.0. The van der Waals surface area contributed by atoms with Crippen LogP contribution < -0.4 is 5.43 Å². The summed E-state index contributed by atoms with van der Waals surface area (Å²) in [5.74, 6) is -1.82. The van der Waals surface area contributed by atoms with Crippen LogP contribution in [0, 0.1) is 11.3 Å². The average Bonchev–Trinajstić information content (AvgIpc) is 2.96. The third-order valence-corrected chi connectivity index (χ3v) is 4.34. The predicted octanol–water partition coefficient (Wildman–Crippen LogP) is 1.48. The summed E-state index contributed by atoms with van der Waals surface area (Å²) < 4.78 is 0. The molecule has 6 heteroatoms. The SMILES string of the molecule is N#CCC(=O)NN1C(=O)c2ccc3c4c(ccc(c24)C1=O)CC3. The van der Waals surface area contributed by atoms with E-state index in [2.05, 4.69) is 5.43 Å². The molecule has 112 valence electrons. The maximum atomic E-state index is 12.6. The van der Waals surface area contributed by atoms with Gasteiger partial charge in [-0.15, -0.1) is 0 Å². The molecule has 0 atom stereocenters. The van der Waals surface area contributed by atoms with E-state index in [0.29, 0.717) is 21.5 Å². The number of nitrogens with one attached hydrogen (secondary N) is 1. The van der Waals surface area contributed by atoms with Gasteiger partial charge in [-0.05, 0) is 41.5 Å². The zero-order chi connectivity index (χ0) is 16.1. The molecule has 0 unspecified atom stereocenters. The summed E-state index contributed by atoms with van der Waals surface area (Å²) in [5, 5.41) is 10.9. The molecule has 4 rings (SSSR count). The van der Waals surface area contributed by atoms with Crippen LogP contribution in [0.1, 0.15) is 38.3 Å². The molecule has 0 bridgehead atoms. The Balaban J connectivity index is 1.89. The first-order valence-corrected chi connectivity index (χ1v) is 7.24. The molecule has 3 amide bonds. The largest absolute Gasteiger partial charge is 0.280 e. The number of nitrogens with zero attached hydrogens (tertiary/aromatic N) is 2. The second-order valence-electron chi connectivity index (χ2n) is 5.61. The second-order valence-corrected chi connectivity index (χ2v) is 5.61. The Morgan fingerprint density at radius 2 is 1.61 bits per heavy atom. The van der Waals surface area contributed by atoms with Crippen LogP contribution in [0.15, 0.2) is 24.3 Å². The van der Waals surface area contributed by atoms with Gasteiger partial charge in [-0.2, -0.15) is 10.3 Å². The summed E-state index contributed by atoms with van der Waals surface area (Å²) in [6.45, 7) is 0. The molecule has 23 heavy (non-hydrogen) atoms. The quantitative estimate of drug-likeness (QED) is 0.851. The van der Waals surface area contributed by atoms with Crippen molar-refractivity contribution in [3.05, 3.63) is 46.5 Å². The number of benzene rings is 2. The third-order valence-electron chi connectivity index (χ3n) is 4.34. The minimum absolute atomic E-state index is 0.402. The summed E-state index contributed by atoms with van der Waals surface area (Å²) in [6.07, 6.45) is 1.39. The molecule has 0 spiro atoms. The molecule has 0 saturated heterocycles. The van der Waals surface area contributed by atoms with Gasteiger partial charge in [0, 0.05) is 5.39 Å². The van der Waals surface area contributed by atoms with Gasteiger partial charge in [0.05, 0.1) is 17.2 Å². The summed E-state index contributed by atoms with van der Waals surface area (Å²) in [6, 6.07) is 8.90. The van der Waals surface area contributed by atoms with Crippen LogP contribution in [0.5, 0.6) is 0 Å². The molecule has 2 aromatic carbocycles. The number of hydrogen-bond acceptors (Lipinski definition) is 4. The maximum Gasteiger partial charge on any atom is 0.280 e. The monoisotopic (exact) mass is 305 g/mol. The Labute approximate surface area is 131 Å². The lowest BCUT2D eigenvalue weighted by Gasteiger charge is -2.27. The molecule has 2 aliphatic rings. The van der Waals surface area contributed by atoms with Crippen molar-refractivity contribution in [2.45, 2.75) is 19.3 Å². The fourth-order valence-corrected chi connectivity index (χ4v) is 3.36. The maximum absolute atomic E-state index is 12.6. The topological polar surface area (TPSA) is 90.3 Å². The molecule has 0 saturated carbocycles. The Morgan fingerprint density at radius 3 is 2.13 bits per heavy atom. The lowest BCUT2D eigenvalue weighted by molar-refractivity contribution is -0.123. The highest BCUT2D eigenvalue weighted by Gasteiger charge is 2.35. The van der Waals surface area contributed by atoms with E-state index in [1.165, 1.54) is 0 Å². The number of aryl methyl sites for hydroxylation is 2. The van der Waals surface area contributed by atoms with Gasteiger partial charge < -0.3 is 0 Å². The molecule has 1 aliphatic heterocycles. The van der Waals surface area contributed by atoms with Crippen molar-refractivity contribution in [1.29, 1.82) is 5.26 Å². The molecular formula is C17H11N3O3. The minimum Gasteiger partial charge on any atom is -0.272 e. The van der Waals surface area contributed by atoms with Crippen LogP contribution >= 0.6 is 0 Å².